The first-order valence-corrected chi connectivity index (χ1v) is 7.38. The highest BCUT2D eigenvalue weighted by molar-refractivity contribution is 5.96. The van der Waals surface area contributed by atoms with Crippen molar-refractivity contribution in [3.8, 4) is 5.75 Å². The van der Waals surface area contributed by atoms with Gasteiger partial charge in [-0.3, -0.25) is 0 Å². The van der Waals surface area contributed by atoms with Crippen molar-refractivity contribution in [3.63, 3.8) is 0 Å². The minimum absolute atomic E-state index is 0.0195. The summed E-state index contributed by atoms with van der Waals surface area (Å²) in [5.74, 6) is -1.05. The summed E-state index contributed by atoms with van der Waals surface area (Å²) in [7, 11) is 3.04. The number of nitrogens with zero attached hydrogens (tertiary/aromatic N) is 1. The van der Waals surface area contributed by atoms with Crippen molar-refractivity contribution in [2.75, 3.05) is 32.2 Å². The number of esters is 2. The molecule has 0 radical (unpaired) electrons. The van der Waals surface area contributed by atoms with Gasteiger partial charge in [0.05, 0.1) is 19.3 Å². The third-order valence-electron chi connectivity index (χ3n) is 3.46. The molecule has 2 rings (SSSR count). The van der Waals surface area contributed by atoms with E-state index < -0.39 is 11.9 Å². The number of aliphatic hydroxyl groups is 1. The zero-order chi connectivity index (χ0) is 17.5. The Balaban J connectivity index is 2.35. The van der Waals surface area contributed by atoms with Gasteiger partial charge in [0.15, 0.2) is 0 Å². The first-order chi connectivity index (χ1) is 11.6. The van der Waals surface area contributed by atoms with Crippen LogP contribution in [-0.4, -0.2) is 44.4 Å². The number of rotatable bonds is 6. The van der Waals surface area contributed by atoms with Crippen molar-refractivity contribution in [3.05, 3.63) is 59.7 Å². The zero-order valence-corrected chi connectivity index (χ0v) is 13.6. The minimum Gasteiger partial charge on any atom is -0.465 e. The second-order valence-electron chi connectivity index (χ2n) is 5.07. The van der Waals surface area contributed by atoms with Crippen LogP contribution in [0, 0.1) is 0 Å². The molecular formula is C18H19NO5. The summed E-state index contributed by atoms with van der Waals surface area (Å²) in [6.45, 7) is 0.387. The number of aliphatic hydroxyl groups excluding tert-OH is 1. The van der Waals surface area contributed by atoms with Crippen LogP contribution in [0.5, 0.6) is 5.75 Å². The number of carbonyl (C=O) groups is 2. The van der Waals surface area contributed by atoms with Gasteiger partial charge in [-0.15, -0.1) is 0 Å². The van der Waals surface area contributed by atoms with Crippen LogP contribution < -0.4 is 9.64 Å². The van der Waals surface area contributed by atoms with Crippen LogP contribution in [0.2, 0.25) is 0 Å². The van der Waals surface area contributed by atoms with E-state index in [1.165, 1.54) is 13.2 Å². The van der Waals surface area contributed by atoms with Crippen LogP contribution in [0.15, 0.2) is 48.5 Å². The van der Waals surface area contributed by atoms with Crippen molar-refractivity contribution in [2.45, 2.75) is 0 Å². The van der Waals surface area contributed by atoms with Crippen LogP contribution in [0.3, 0.4) is 0 Å². The Kier molecular flexibility index (Phi) is 5.92. The maximum absolute atomic E-state index is 12.3. The quantitative estimate of drug-likeness (QED) is 0.646. The summed E-state index contributed by atoms with van der Waals surface area (Å²) >= 11 is 0. The summed E-state index contributed by atoms with van der Waals surface area (Å²) in [6, 6.07) is 13.3. The lowest BCUT2D eigenvalue weighted by atomic mass is 10.1. The van der Waals surface area contributed by atoms with Crippen molar-refractivity contribution < 1.29 is 24.2 Å². The molecule has 2 aromatic rings. The van der Waals surface area contributed by atoms with Crippen LogP contribution in [-0.2, 0) is 4.74 Å². The average Bonchev–Trinajstić information content (AvgIpc) is 2.62. The molecule has 1 N–H and O–H groups in total. The lowest BCUT2D eigenvalue weighted by Crippen LogP contribution is -2.21. The fourth-order valence-corrected chi connectivity index (χ4v) is 2.12. The van der Waals surface area contributed by atoms with E-state index >= 15 is 0 Å². The van der Waals surface area contributed by atoms with E-state index in [0.29, 0.717) is 17.8 Å². The highest BCUT2D eigenvalue weighted by atomic mass is 16.5. The van der Waals surface area contributed by atoms with Crippen LogP contribution in [0.4, 0.5) is 5.69 Å². The Bertz CT molecular complexity index is 715. The molecule has 0 saturated heterocycles. The van der Waals surface area contributed by atoms with Crippen molar-refractivity contribution in [2.24, 2.45) is 0 Å². The number of benzene rings is 2. The van der Waals surface area contributed by atoms with Gasteiger partial charge < -0.3 is 19.5 Å². The molecule has 0 aliphatic carbocycles. The predicted molar refractivity (Wildman–Crippen MR) is 89.5 cm³/mol. The van der Waals surface area contributed by atoms with E-state index in [2.05, 4.69) is 0 Å². The number of methoxy groups -OCH3 is 1. The summed E-state index contributed by atoms with van der Waals surface area (Å²) in [6.07, 6.45) is 0. The Morgan fingerprint density at radius 1 is 1.08 bits per heavy atom. The molecule has 6 nitrogen and oxygen atoms in total. The molecule has 0 spiro atoms. The summed E-state index contributed by atoms with van der Waals surface area (Å²) < 4.78 is 10.1. The molecule has 0 aliphatic rings. The van der Waals surface area contributed by atoms with E-state index in [1.54, 1.807) is 54.4 Å². The van der Waals surface area contributed by atoms with Gasteiger partial charge in [0.25, 0.3) is 0 Å². The molecule has 0 aliphatic heterocycles. The standard InChI is InChI=1S/C18H19NO5/c1-19(10-11-20)14-8-9-15(18(22)23-2)16(12-14)24-17(21)13-6-4-3-5-7-13/h3-9,12,20H,10-11H2,1-2H3. The fraction of sp³-hybridized carbons (Fsp3) is 0.222. The Morgan fingerprint density at radius 2 is 1.79 bits per heavy atom. The number of hydrogen-bond donors (Lipinski definition) is 1. The van der Waals surface area contributed by atoms with Crippen LogP contribution in [0.25, 0.3) is 0 Å². The molecule has 0 fully saturated rings. The summed E-state index contributed by atoms with van der Waals surface area (Å²) in [5.41, 5.74) is 1.23. The van der Waals surface area contributed by atoms with Gasteiger partial charge in [-0.2, -0.15) is 0 Å². The molecule has 6 heteroatoms. The van der Waals surface area contributed by atoms with Gasteiger partial charge in [-0.1, -0.05) is 18.2 Å². The third kappa shape index (κ3) is 4.11. The van der Waals surface area contributed by atoms with Gasteiger partial charge >= 0.3 is 11.9 Å². The third-order valence-corrected chi connectivity index (χ3v) is 3.46. The lowest BCUT2D eigenvalue weighted by molar-refractivity contribution is 0.0593. The maximum atomic E-state index is 12.3. The Morgan fingerprint density at radius 3 is 2.42 bits per heavy atom. The van der Waals surface area contributed by atoms with Crippen molar-refractivity contribution in [1.82, 2.24) is 0 Å². The average molecular weight is 329 g/mol. The molecule has 0 atom stereocenters. The molecule has 0 amide bonds. The highest BCUT2D eigenvalue weighted by Gasteiger charge is 2.18. The molecule has 0 aromatic heterocycles. The van der Waals surface area contributed by atoms with E-state index in [-0.39, 0.29) is 17.9 Å². The van der Waals surface area contributed by atoms with E-state index in [9.17, 15) is 9.59 Å². The van der Waals surface area contributed by atoms with Gasteiger partial charge in [0.2, 0.25) is 0 Å². The second-order valence-corrected chi connectivity index (χ2v) is 5.07. The summed E-state index contributed by atoms with van der Waals surface area (Å²) in [4.78, 5) is 25.9. The predicted octanol–water partition coefficient (Wildman–Crippen LogP) is 2.12. The van der Waals surface area contributed by atoms with E-state index in [0.717, 1.165) is 0 Å². The Hall–Kier alpha value is -2.86. The van der Waals surface area contributed by atoms with E-state index in [1.807, 2.05) is 0 Å². The van der Waals surface area contributed by atoms with Gasteiger partial charge in [0.1, 0.15) is 11.3 Å². The van der Waals surface area contributed by atoms with Gasteiger partial charge in [0, 0.05) is 25.3 Å². The van der Waals surface area contributed by atoms with Crippen LogP contribution in [0.1, 0.15) is 20.7 Å². The number of anilines is 1. The molecule has 0 unspecified atom stereocenters. The Labute approximate surface area is 140 Å². The maximum Gasteiger partial charge on any atom is 0.343 e. The van der Waals surface area contributed by atoms with Crippen molar-refractivity contribution in [1.29, 1.82) is 0 Å². The number of hydrogen-bond acceptors (Lipinski definition) is 6. The fourth-order valence-electron chi connectivity index (χ4n) is 2.12. The van der Waals surface area contributed by atoms with Crippen LogP contribution >= 0.6 is 0 Å². The van der Waals surface area contributed by atoms with Gasteiger partial charge in [-0.25, -0.2) is 9.59 Å². The molecule has 0 heterocycles. The molecule has 0 saturated carbocycles. The molecular weight excluding hydrogens is 310 g/mol. The minimum atomic E-state index is -0.595. The largest absolute Gasteiger partial charge is 0.465 e. The van der Waals surface area contributed by atoms with Gasteiger partial charge in [-0.05, 0) is 24.3 Å². The number of likely N-dealkylation sites (N-methyl/N-ethyl adjacent to an activating group) is 1. The first-order valence-electron chi connectivity index (χ1n) is 7.38. The lowest BCUT2D eigenvalue weighted by Gasteiger charge is -2.19. The topological polar surface area (TPSA) is 76.1 Å². The highest BCUT2D eigenvalue weighted by Crippen LogP contribution is 2.27. The monoisotopic (exact) mass is 329 g/mol. The second kappa shape index (κ2) is 8.12. The molecule has 24 heavy (non-hydrogen) atoms. The summed E-state index contributed by atoms with van der Waals surface area (Å²) in [5, 5.41) is 9.04. The molecule has 2 aromatic carbocycles. The zero-order valence-electron chi connectivity index (χ0n) is 13.6. The molecule has 0 bridgehead atoms. The number of ether oxygens (including phenoxy) is 2. The first kappa shape index (κ1) is 17.5. The van der Waals surface area contributed by atoms with Crippen molar-refractivity contribution >= 4 is 17.6 Å². The smallest absolute Gasteiger partial charge is 0.343 e. The SMILES string of the molecule is COC(=O)c1ccc(N(C)CCO)cc1OC(=O)c1ccccc1. The van der Waals surface area contributed by atoms with E-state index in [4.69, 9.17) is 14.6 Å². The molecule has 126 valence electrons. The number of carbonyl (C=O) groups excluding carboxylic acids is 2. The normalized spacial score (nSPS) is 10.1.